The molecular formula is C16H12Br2ClNO. The molecule has 5 heteroatoms. The zero-order valence-electron chi connectivity index (χ0n) is 11.2. The molecule has 2 nitrogen and oxygen atoms in total. The van der Waals surface area contributed by atoms with Crippen molar-refractivity contribution in [1.82, 2.24) is 0 Å². The van der Waals surface area contributed by atoms with Gasteiger partial charge < -0.3 is 4.90 Å². The number of benzene rings is 2. The van der Waals surface area contributed by atoms with Crippen molar-refractivity contribution >= 4 is 55.1 Å². The Morgan fingerprint density at radius 2 is 2.00 bits per heavy atom. The fourth-order valence-corrected chi connectivity index (χ4v) is 4.44. The Labute approximate surface area is 145 Å². The standard InChI is InChI=1S/C16H12Br2ClNO/c1-20-14-5-2-9(6-10(14)7-15(20)21)16(18)12-4-3-11(19)8-13(12)17/h2-6,8,16H,7H2,1H3. The second-order valence-corrected chi connectivity index (χ2v) is 7.25. The number of carbonyl (C=O) groups excluding carboxylic acids is 1. The monoisotopic (exact) mass is 427 g/mol. The van der Waals surface area contributed by atoms with Gasteiger partial charge in [-0.15, -0.1) is 0 Å². The predicted molar refractivity (Wildman–Crippen MR) is 93.5 cm³/mol. The first-order valence-electron chi connectivity index (χ1n) is 6.46. The minimum Gasteiger partial charge on any atom is -0.315 e. The van der Waals surface area contributed by atoms with Gasteiger partial charge in [0.2, 0.25) is 5.91 Å². The molecule has 0 aliphatic carbocycles. The van der Waals surface area contributed by atoms with E-state index in [-0.39, 0.29) is 10.7 Å². The molecule has 0 saturated heterocycles. The maximum Gasteiger partial charge on any atom is 0.231 e. The number of alkyl halides is 1. The predicted octanol–water partition coefficient (Wildman–Crippen LogP) is 5.11. The van der Waals surface area contributed by atoms with E-state index in [9.17, 15) is 4.79 Å². The summed E-state index contributed by atoms with van der Waals surface area (Å²) in [7, 11) is 1.81. The summed E-state index contributed by atoms with van der Waals surface area (Å²) in [6, 6.07) is 11.9. The number of anilines is 1. The summed E-state index contributed by atoms with van der Waals surface area (Å²) >= 11 is 13.3. The van der Waals surface area contributed by atoms with E-state index < -0.39 is 0 Å². The van der Waals surface area contributed by atoms with Gasteiger partial charge in [-0.25, -0.2) is 0 Å². The number of nitrogens with zero attached hydrogens (tertiary/aromatic N) is 1. The highest BCUT2D eigenvalue weighted by Crippen LogP contribution is 2.39. The molecule has 0 radical (unpaired) electrons. The van der Waals surface area contributed by atoms with E-state index in [0.717, 1.165) is 26.9 Å². The Hall–Kier alpha value is -0.840. The molecule has 0 spiro atoms. The number of carbonyl (C=O) groups is 1. The summed E-state index contributed by atoms with van der Waals surface area (Å²) in [4.78, 5) is 13.5. The second-order valence-electron chi connectivity index (χ2n) is 5.05. The van der Waals surface area contributed by atoms with Crippen LogP contribution in [-0.2, 0) is 11.2 Å². The van der Waals surface area contributed by atoms with Gasteiger partial charge in [0.15, 0.2) is 0 Å². The third-order valence-electron chi connectivity index (χ3n) is 3.71. The molecule has 1 aliphatic rings. The van der Waals surface area contributed by atoms with Crippen LogP contribution in [0.1, 0.15) is 21.5 Å². The molecule has 1 atom stereocenters. The quantitative estimate of drug-likeness (QED) is 0.608. The normalized spacial score (nSPS) is 15.2. The maximum atomic E-state index is 11.8. The van der Waals surface area contributed by atoms with Crippen LogP contribution in [0.25, 0.3) is 0 Å². The molecule has 1 amide bonds. The zero-order valence-corrected chi connectivity index (χ0v) is 15.2. The number of halogens is 3. The van der Waals surface area contributed by atoms with Gasteiger partial charge in [0, 0.05) is 22.2 Å². The van der Waals surface area contributed by atoms with Gasteiger partial charge in [-0.2, -0.15) is 0 Å². The Morgan fingerprint density at radius 1 is 1.24 bits per heavy atom. The highest BCUT2D eigenvalue weighted by Gasteiger charge is 2.25. The van der Waals surface area contributed by atoms with E-state index in [0.29, 0.717) is 11.4 Å². The first-order valence-corrected chi connectivity index (χ1v) is 8.54. The molecule has 0 bridgehead atoms. The van der Waals surface area contributed by atoms with E-state index >= 15 is 0 Å². The van der Waals surface area contributed by atoms with Gasteiger partial charge in [0.1, 0.15) is 0 Å². The highest BCUT2D eigenvalue weighted by molar-refractivity contribution is 9.11. The molecule has 108 valence electrons. The van der Waals surface area contributed by atoms with Gasteiger partial charge in [0.05, 0.1) is 11.2 Å². The lowest BCUT2D eigenvalue weighted by Crippen LogP contribution is -2.20. The van der Waals surface area contributed by atoms with E-state index in [2.05, 4.69) is 37.9 Å². The Bertz CT molecular complexity index is 732. The Morgan fingerprint density at radius 3 is 2.71 bits per heavy atom. The summed E-state index contributed by atoms with van der Waals surface area (Å²) in [5, 5.41) is 0.700. The third-order valence-corrected chi connectivity index (χ3v) is 5.65. The smallest absolute Gasteiger partial charge is 0.231 e. The Kier molecular flexibility index (Phi) is 4.12. The summed E-state index contributed by atoms with van der Waals surface area (Å²) < 4.78 is 0.963. The Balaban J connectivity index is 1.98. The van der Waals surface area contributed by atoms with Crippen LogP contribution in [0, 0.1) is 0 Å². The van der Waals surface area contributed by atoms with E-state index in [1.807, 2.05) is 37.4 Å². The molecule has 0 saturated carbocycles. The van der Waals surface area contributed by atoms with Gasteiger partial charge >= 0.3 is 0 Å². The number of hydrogen-bond acceptors (Lipinski definition) is 1. The molecule has 0 fully saturated rings. The lowest BCUT2D eigenvalue weighted by atomic mass is 10.0. The minimum atomic E-state index is 0.0513. The van der Waals surface area contributed by atoms with Gasteiger partial charge in [-0.1, -0.05) is 61.7 Å². The number of likely N-dealkylation sites (N-methyl/N-ethyl adjacent to an activating group) is 1. The number of fused-ring (bicyclic) bond motifs is 1. The van der Waals surface area contributed by atoms with E-state index in [4.69, 9.17) is 11.6 Å². The lowest BCUT2D eigenvalue weighted by Gasteiger charge is -2.15. The van der Waals surface area contributed by atoms with Crippen LogP contribution in [0.5, 0.6) is 0 Å². The van der Waals surface area contributed by atoms with Crippen molar-refractivity contribution in [2.45, 2.75) is 11.2 Å². The average Bonchev–Trinajstić information content (AvgIpc) is 2.73. The van der Waals surface area contributed by atoms with Crippen LogP contribution in [0.3, 0.4) is 0 Å². The van der Waals surface area contributed by atoms with Crippen molar-refractivity contribution < 1.29 is 4.79 Å². The average molecular weight is 430 g/mol. The largest absolute Gasteiger partial charge is 0.315 e. The fraction of sp³-hybridized carbons (Fsp3) is 0.188. The van der Waals surface area contributed by atoms with Crippen LogP contribution in [0.2, 0.25) is 5.02 Å². The van der Waals surface area contributed by atoms with Gasteiger partial charge in [-0.05, 0) is 34.9 Å². The first-order chi connectivity index (χ1) is 9.97. The molecule has 1 unspecified atom stereocenters. The summed E-state index contributed by atoms with van der Waals surface area (Å²) in [5.41, 5.74) is 4.31. The lowest BCUT2D eigenvalue weighted by molar-refractivity contribution is -0.117. The number of hydrogen-bond donors (Lipinski definition) is 0. The van der Waals surface area contributed by atoms with E-state index in [1.165, 1.54) is 0 Å². The molecule has 0 N–H and O–H groups in total. The molecule has 1 heterocycles. The van der Waals surface area contributed by atoms with Crippen molar-refractivity contribution in [3.8, 4) is 0 Å². The molecule has 21 heavy (non-hydrogen) atoms. The maximum absolute atomic E-state index is 11.8. The van der Waals surface area contributed by atoms with Crippen LogP contribution >= 0.6 is 43.5 Å². The van der Waals surface area contributed by atoms with Gasteiger partial charge in [-0.3, -0.25) is 4.79 Å². The van der Waals surface area contributed by atoms with Crippen molar-refractivity contribution in [2.75, 3.05) is 11.9 Å². The van der Waals surface area contributed by atoms with Crippen LogP contribution < -0.4 is 4.90 Å². The number of amides is 1. The van der Waals surface area contributed by atoms with Crippen LogP contribution in [-0.4, -0.2) is 13.0 Å². The second kappa shape index (κ2) is 5.75. The molecule has 0 aromatic heterocycles. The minimum absolute atomic E-state index is 0.0513. The highest BCUT2D eigenvalue weighted by atomic mass is 79.9. The topological polar surface area (TPSA) is 20.3 Å². The van der Waals surface area contributed by atoms with Crippen molar-refractivity contribution in [3.63, 3.8) is 0 Å². The van der Waals surface area contributed by atoms with Gasteiger partial charge in [0.25, 0.3) is 0 Å². The molecule has 2 aromatic rings. The van der Waals surface area contributed by atoms with Crippen molar-refractivity contribution in [1.29, 1.82) is 0 Å². The zero-order chi connectivity index (χ0) is 15.1. The SMILES string of the molecule is CN1C(=O)Cc2cc(C(Br)c3ccc(Cl)cc3Br)ccc21. The molecule has 2 aromatic carbocycles. The van der Waals surface area contributed by atoms with Crippen LogP contribution in [0.15, 0.2) is 40.9 Å². The summed E-state index contributed by atoms with van der Waals surface area (Å²) in [6.07, 6.45) is 0.473. The van der Waals surface area contributed by atoms with Crippen LogP contribution in [0.4, 0.5) is 5.69 Å². The summed E-state index contributed by atoms with van der Waals surface area (Å²) in [6.45, 7) is 0. The van der Waals surface area contributed by atoms with Crippen molar-refractivity contribution in [2.24, 2.45) is 0 Å². The molecule has 1 aliphatic heterocycles. The van der Waals surface area contributed by atoms with E-state index in [1.54, 1.807) is 4.90 Å². The summed E-state index contributed by atoms with van der Waals surface area (Å²) in [5.74, 6) is 0.140. The molecular weight excluding hydrogens is 417 g/mol. The molecule has 3 rings (SSSR count). The number of rotatable bonds is 2. The third kappa shape index (κ3) is 2.77. The fourth-order valence-electron chi connectivity index (χ4n) is 2.53. The first kappa shape index (κ1) is 15.1. The van der Waals surface area contributed by atoms with Crippen molar-refractivity contribution in [3.05, 3.63) is 62.6 Å².